The number of nitro benzene ring substituents is 1. The molecule has 9 heteroatoms. The topological polar surface area (TPSA) is 105 Å². The summed E-state index contributed by atoms with van der Waals surface area (Å²) in [6, 6.07) is 7.15. The van der Waals surface area contributed by atoms with Crippen LogP contribution in [0, 0.1) is 15.9 Å². The molecule has 8 nitrogen and oxygen atoms in total. The Balaban J connectivity index is 2.09. The van der Waals surface area contributed by atoms with E-state index in [0.717, 1.165) is 12.1 Å². The summed E-state index contributed by atoms with van der Waals surface area (Å²) >= 11 is 0. The summed E-state index contributed by atoms with van der Waals surface area (Å²) in [5.74, 6) is -2.29. The first-order chi connectivity index (χ1) is 12.9. The molecule has 0 bridgehead atoms. The highest BCUT2D eigenvalue weighted by molar-refractivity contribution is 5.99. The van der Waals surface area contributed by atoms with Gasteiger partial charge in [-0.25, -0.2) is 9.18 Å². The predicted octanol–water partition coefficient (Wildman–Crippen LogP) is 3.18. The zero-order valence-electron chi connectivity index (χ0n) is 14.6. The van der Waals surface area contributed by atoms with Gasteiger partial charge in [0, 0.05) is 11.6 Å². The Bertz CT molecular complexity index is 882. The van der Waals surface area contributed by atoms with Gasteiger partial charge in [-0.1, -0.05) is 0 Å². The molecule has 0 aliphatic carbocycles. The van der Waals surface area contributed by atoms with Crippen molar-refractivity contribution >= 4 is 17.4 Å². The van der Waals surface area contributed by atoms with Crippen LogP contribution >= 0.6 is 0 Å². The number of carbonyl (C=O) groups excluding carboxylic acids is 2. The maximum atomic E-state index is 13.6. The van der Waals surface area contributed by atoms with Gasteiger partial charge in [0.1, 0.15) is 0 Å². The molecule has 2 rings (SSSR count). The third-order valence-electron chi connectivity index (χ3n) is 3.50. The number of Topliss-reactive ketones (excluding diaryl/α,β-unsaturated/α-hetero) is 1. The molecule has 0 heterocycles. The molecule has 0 aliphatic rings. The second-order valence-corrected chi connectivity index (χ2v) is 5.22. The lowest BCUT2D eigenvalue weighted by Crippen LogP contribution is -2.15. The smallest absolute Gasteiger partial charge is 0.338 e. The molecular formula is C18H16FNO7. The number of halogens is 1. The molecule has 0 saturated heterocycles. The van der Waals surface area contributed by atoms with Crippen LogP contribution in [0.1, 0.15) is 27.6 Å². The second-order valence-electron chi connectivity index (χ2n) is 5.22. The van der Waals surface area contributed by atoms with Crippen molar-refractivity contribution in [2.45, 2.75) is 6.92 Å². The van der Waals surface area contributed by atoms with Crippen molar-refractivity contribution in [3.63, 3.8) is 0 Å². The first kappa shape index (κ1) is 19.8. The molecule has 2 aromatic carbocycles. The Labute approximate surface area is 153 Å². The molecule has 0 spiro atoms. The Morgan fingerprint density at radius 3 is 2.37 bits per heavy atom. The number of ketones is 1. The first-order valence-electron chi connectivity index (χ1n) is 7.82. The van der Waals surface area contributed by atoms with Gasteiger partial charge in [-0.05, 0) is 37.3 Å². The van der Waals surface area contributed by atoms with Crippen molar-refractivity contribution in [2.24, 2.45) is 0 Å². The fourth-order valence-electron chi connectivity index (χ4n) is 2.20. The number of hydrogen-bond acceptors (Lipinski definition) is 7. The second kappa shape index (κ2) is 8.75. The molecule has 0 amide bonds. The molecule has 0 unspecified atom stereocenters. The molecule has 0 aromatic heterocycles. The summed E-state index contributed by atoms with van der Waals surface area (Å²) in [5, 5.41) is 11.1. The van der Waals surface area contributed by atoms with Crippen LogP contribution in [0.5, 0.6) is 11.5 Å². The van der Waals surface area contributed by atoms with Gasteiger partial charge in [0.05, 0.1) is 24.2 Å². The summed E-state index contributed by atoms with van der Waals surface area (Å²) in [5.41, 5.74) is -0.507. The summed E-state index contributed by atoms with van der Waals surface area (Å²) in [7, 11) is 1.29. The van der Waals surface area contributed by atoms with Gasteiger partial charge >= 0.3 is 11.7 Å². The number of ether oxygens (including phenoxy) is 3. The summed E-state index contributed by atoms with van der Waals surface area (Å²) in [6.45, 7) is 1.24. The monoisotopic (exact) mass is 377 g/mol. The van der Waals surface area contributed by atoms with Crippen LogP contribution in [-0.4, -0.2) is 37.0 Å². The maximum Gasteiger partial charge on any atom is 0.338 e. The lowest BCUT2D eigenvalue weighted by atomic mass is 10.1. The third kappa shape index (κ3) is 4.78. The van der Waals surface area contributed by atoms with Crippen molar-refractivity contribution in [1.82, 2.24) is 0 Å². The number of carbonyl (C=O) groups is 2. The van der Waals surface area contributed by atoms with Crippen LogP contribution < -0.4 is 9.47 Å². The zero-order chi connectivity index (χ0) is 20.0. The molecule has 142 valence electrons. The number of nitrogens with zero attached hydrogens (tertiary/aromatic N) is 1. The van der Waals surface area contributed by atoms with Crippen LogP contribution in [0.15, 0.2) is 36.4 Å². The molecule has 0 N–H and O–H groups in total. The minimum absolute atomic E-state index is 0.00113. The lowest BCUT2D eigenvalue weighted by Gasteiger charge is -2.08. The molecule has 2 aromatic rings. The van der Waals surface area contributed by atoms with E-state index < -0.39 is 34.8 Å². The van der Waals surface area contributed by atoms with E-state index in [1.165, 1.54) is 31.4 Å². The van der Waals surface area contributed by atoms with E-state index in [2.05, 4.69) is 0 Å². The van der Waals surface area contributed by atoms with E-state index >= 15 is 0 Å². The number of nitro groups is 1. The maximum absolute atomic E-state index is 13.6. The molecule has 0 saturated carbocycles. The van der Waals surface area contributed by atoms with Crippen LogP contribution in [0.25, 0.3) is 0 Å². The van der Waals surface area contributed by atoms with Crippen molar-refractivity contribution in [2.75, 3.05) is 20.3 Å². The fourth-order valence-corrected chi connectivity index (χ4v) is 2.20. The van der Waals surface area contributed by atoms with Crippen LogP contribution in [0.4, 0.5) is 10.1 Å². The standard InChI is InChI=1S/C18H16FNO7/c1-3-26-17-7-5-12(9-14(17)20(23)24)18(22)27-10-15(21)11-4-6-16(25-2)13(19)8-11/h4-9H,3,10H2,1-2H3. The summed E-state index contributed by atoms with van der Waals surface area (Å²) in [6.07, 6.45) is 0. The Morgan fingerprint density at radius 2 is 1.78 bits per heavy atom. The highest BCUT2D eigenvalue weighted by atomic mass is 19.1. The van der Waals surface area contributed by atoms with Gasteiger partial charge in [0.25, 0.3) is 0 Å². The fraction of sp³-hybridized carbons (Fsp3) is 0.222. The molecule has 27 heavy (non-hydrogen) atoms. The van der Waals surface area contributed by atoms with Gasteiger partial charge in [-0.3, -0.25) is 14.9 Å². The number of methoxy groups -OCH3 is 1. The first-order valence-corrected chi connectivity index (χ1v) is 7.82. The number of rotatable bonds is 8. The zero-order valence-corrected chi connectivity index (χ0v) is 14.6. The van der Waals surface area contributed by atoms with Gasteiger partial charge in [0.15, 0.2) is 29.7 Å². The average Bonchev–Trinajstić information content (AvgIpc) is 2.66. The lowest BCUT2D eigenvalue weighted by molar-refractivity contribution is -0.385. The highest BCUT2D eigenvalue weighted by Crippen LogP contribution is 2.28. The van der Waals surface area contributed by atoms with E-state index in [-0.39, 0.29) is 29.2 Å². The van der Waals surface area contributed by atoms with Crippen molar-refractivity contribution in [1.29, 1.82) is 0 Å². The molecule has 0 fully saturated rings. The Kier molecular flexibility index (Phi) is 6.42. The minimum atomic E-state index is -0.927. The summed E-state index contributed by atoms with van der Waals surface area (Å²) in [4.78, 5) is 34.5. The summed E-state index contributed by atoms with van der Waals surface area (Å²) < 4.78 is 28.4. The molecule has 0 radical (unpaired) electrons. The van der Waals surface area contributed by atoms with Crippen LogP contribution in [0.2, 0.25) is 0 Å². The van der Waals surface area contributed by atoms with E-state index in [4.69, 9.17) is 14.2 Å². The SMILES string of the molecule is CCOc1ccc(C(=O)OCC(=O)c2ccc(OC)c(F)c2)cc1[N+](=O)[O-]. The molecule has 0 atom stereocenters. The number of benzene rings is 2. The van der Waals surface area contributed by atoms with Gasteiger partial charge in [0.2, 0.25) is 0 Å². The van der Waals surface area contributed by atoms with Crippen molar-refractivity contribution in [3.8, 4) is 11.5 Å². The quantitative estimate of drug-likeness (QED) is 0.301. The van der Waals surface area contributed by atoms with E-state index in [9.17, 15) is 24.1 Å². The number of hydrogen-bond donors (Lipinski definition) is 0. The highest BCUT2D eigenvalue weighted by Gasteiger charge is 2.20. The molecular weight excluding hydrogens is 361 g/mol. The largest absolute Gasteiger partial charge is 0.494 e. The van der Waals surface area contributed by atoms with Gasteiger partial charge in [-0.2, -0.15) is 0 Å². The third-order valence-corrected chi connectivity index (χ3v) is 3.50. The normalized spacial score (nSPS) is 10.2. The van der Waals surface area contributed by atoms with E-state index in [1.54, 1.807) is 6.92 Å². The van der Waals surface area contributed by atoms with Gasteiger partial charge < -0.3 is 14.2 Å². The Hall–Kier alpha value is -3.49. The average molecular weight is 377 g/mol. The Morgan fingerprint density at radius 1 is 1.11 bits per heavy atom. The van der Waals surface area contributed by atoms with E-state index in [0.29, 0.717) is 0 Å². The van der Waals surface area contributed by atoms with Crippen LogP contribution in [-0.2, 0) is 4.74 Å². The van der Waals surface area contributed by atoms with Crippen LogP contribution in [0.3, 0.4) is 0 Å². The van der Waals surface area contributed by atoms with Crippen molar-refractivity contribution < 1.29 is 33.1 Å². The predicted molar refractivity (Wildman–Crippen MR) is 91.8 cm³/mol. The van der Waals surface area contributed by atoms with Crippen molar-refractivity contribution in [3.05, 3.63) is 63.5 Å². The molecule has 0 aliphatic heterocycles. The van der Waals surface area contributed by atoms with Gasteiger partial charge in [-0.15, -0.1) is 0 Å². The van der Waals surface area contributed by atoms with E-state index in [1.807, 2.05) is 0 Å². The number of esters is 1. The minimum Gasteiger partial charge on any atom is -0.494 e.